The average Bonchev–Trinajstić information content (AvgIpc) is 3.38. The number of amides is 1. The van der Waals surface area contributed by atoms with Crippen molar-refractivity contribution in [2.45, 2.75) is 38.8 Å². The Balaban J connectivity index is 1.64. The number of carbonyl (C=O) groups is 1. The molecule has 1 N–H and O–H groups in total. The lowest BCUT2D eigenvalue weighted by molar-refractivity contribution is -0.384. The highest BCUT2D eigenvalue weighted by Gasteiger charge is 2.30. The molecule has 1 saturated heterocycles. The number of nitro groups is 1. The number of hydrogen-bond acceptors (Lipinski definition) is 5. The molecule has 25 heavy (non-hydrogen) atoms. The number of benzene rings is 1. The summed E-state index contributed by atoms with van der Waals surface area (Å²) >= 11 is 6.30. The summed E-state index contributed by atoms with van der Waals surface area (Å²) < 4.78 is 0. The van der Waals surface area contributed by atoms with E-state index in [0.29, 0.717) is 11.1 Å². The first-order chi connectivity index (χ1) is 11.9. The summed E-state index contributed by atoms with van der Waals surface area (Å²) in [6, 6.07) is 3.19. The number of carbonyl (C=O) groups excluding carboxylic acids is 1. The second-order valence-electron chi connectivity index (χ2n) is 6.83. The molecule has 1 aliphatic carbocycles. The number of nitrogens with zero attached hydrogens (tertiary/aromatic N) is 3. The van der Waals surface area contributed by atoms with Crippen molar-refractivity contribution in [2.24, 2.45) is 0 Å². The molecule has 2 aliphatic rings. The predicted octanol–water partition coefficient (Wildman–Crippen LogP) is 2.35. The van der Waals surface area contributed by atoms with Crippen LogP contribution in [0.25, 0.3) is 0 Å². The lowest BCUT2D eigenvalue weighted by Gasteiger charge is -2.39. The first kappa shape index (κ1) is 17.9. The summed E-state index contributed by atoms with van der Waals surface area (Å²) in [4.78, 5) is 27.0. The molecule has 3 rings (SSSR count). The van der Waals surface area contributed by atoms with Crippen molar-refractivity contribution in [1.82, 2.24) is 10.2 Å². The number of piperazine rings is 1. The molecule has 1 unspecified atom stereocenters. The highest BCUT2D eigenvalue weighted by molar-refractivity contribution is 6.33. The lowest BCUT2D eigenvalue weighted by atomic mass is 10.1. The molecule has 1 atom stereocenters. The van der Waals surface area contributed by atoms with Gasteiger partial charge >= 0.3 is 0 Å². The van der Waals surface area contributed by atoms with Gasteiger partial charge in [-0.05, 0) is 32.3 Å². The van der Waals surface area contributed by atoms with Crippen LogP contribution in [0.3, 0.4) is 0 Å². The largest absolute Gasteiger partial charge is 0.368 e. The van der Waals surface area contributed by atoms with Crippen molar-refractivity contribution in [2.75, 3.05) is 31.1 Å². The van der Waals surface area contributed by atoms with Gasteiger partial charge < -0.3 is 10.2 Å². The monoisotopic (exact) mass is 366 g/mol. The van der Waals surface area contributed by atoms with Crippen LogP contribution in [0.4, 0.5) is 11.4 Å². The van der Waals surface area contributed by atoms with Gasteiger partial charge in [0.05, 0.1) is 21.7 Å². The summed E-state index contributed by atoms with van der Waals surface area (Å²) in [6.45, 7) is 6.76. The van der Waals surface area contributed by atoms with Crippen LogP contribution >= 0.6 is 11.6 Å². The second kappa shape index (κ2) is 7.17. The minimum atomic E-state index is -0.430. The molecule has 1 aliphatic heterocycles. The van der Waals surface area contributed by atoms with Crippen LogP contribution in [0.1, 0.15) is 25.3 Å². The summed E-state index contributed by atoms with van der Waals surface area (Å²) in [6.07, 6.45) is 2.17. The smallest absolute Gasteiger partial charge is 0.271 e. The zero-order chi connectivity index (χ0) is 18.1. The van der Waals surface area contributed by atoms with Gasteiger partial charge in [-0.1, -0.05) is 11.6 Å². The highest BCUT2D eigenvalue weighted by atomic mass is 35.5. The van der Waals surface area contributed by atoms with Gasteiger partial charge in [0.15, 0.2) is 0 Å². The number of aryl methyl sites for hydroxylation is 1. The van der Waals surface area contributed by atoms with Crippen LogP contribution in [0, 0.1) is 17.0 Å². The van der Waals surface area contributed by atoms with E-state index in [-0.39, 0.29) is 17.6 Å². The van der Waals surface area contributed by atoms with Gasteiger partial charge in [0, 0.05) is 44.4 Å². The molecule has 2 fully saturated rings. The molecule has 1 heterocycles. The third-order valence-corrected chi connectivity index (χ3v) is 5.22. The molecule has 1 aromatic carbocycles. The number of hydrogen-bond donors (Lipinski definition) is 1. The van der Waals surface area contributed by atoms with Crippen molar-refractivity contribution in [3.63, 3.8) is 0 Å². The van der Waals surface area contributed by atoms with Gasteiger partial charge in [-0.15, -0.1) is 0 Å². The third-order valence-electron chi connectivity index (χ3n) is 4.93. The highest BCUT2D eigenvalue weighted by Crippen LogP contribution is 2.34. The summed E-state index contributed by atoms with van der Waals surface area (Å²) in [5, 5.41) is 14.4. The molecular weight excluding hydrogens is 344 g/mol. The number of rotatable bonds is 5. The van der Waals surface area contributed by atoms with Crippen LogP contribution in [-0.2, 0) is 4.79 Å². The van der Waals surface area contributed by atoms with E-state index in [4.69, 9.17) is 11.6 Å². The van der Waals surface area contributed by atoms with E-state index in [0.717, 1.165) is 50.3 Å². The molecule has 136 valence electrons. The molecule has 8 heteroatoms. The minimum absolute atomic E-state index is 0.00950. The fourth-order valence-corrected chi connectivity index (χ4v) is 3.65. The molecular formula is C17H23ClN4O3. The first-order valence-corrected chi connectivity index (χ1v) is 8.98. The summed E-state index contributed by atoms with van der Waals surface area (Å²) in [7, 11) is 0. The van der Waals surface area contributed by atoms with Crippen molar-refractivity contribution in [3.05, 3.63) is 32.8 Å². The van der Waals surface area contributed by atoms with Gasteiger partial charge in [0.25, 0.3) is 5.69 Å². The standard InChI is InChI=1S/C17H23ClN4O3/c1-11-9-14(22(24)25)10-15(18)16(11)21-7-5-20(6-8-21)12(2)17(23)19-13-3-4-13/h9-10,12-13H,3-8H2,1-2H3,(H,19,23). The Morgan fingerprint density at radius 2 is 1.96 bits per heavy atom. The van der Waals surface area contributed by atoms with E-state index in [9.17, 15) is 14.9 Å². The summed E-state index contributed by atoms with van der Waals surface area (Å²) in [5.41, 5.74) is 1.66. The van der Waals surface area contributed by atoms with Gasteiger partial charge in [-0.25, -0.2) is 0 Å². The zero-order valence-corrected chi connectivity index (χ0v) is 15.3. The van der Waals surface area contributed by atoms with Gasteiger partial charge in [0.1, 0.15) is 0 Å². The van der Waals surface area contributed by atoms with Gasteiger partial charge in [-0.3, -0.25) is 19.8 Å². The fraction of sp³-hybridized carbons (Fsp3) is 0.588. The lowest BCUT2D eigenvalue weighted by Crippen LogP contribution is -2.54. The topological polar surface area (TPSA) is 78.7 Å². The van der Waals surface area contributed by atoms with E-state index in [1.165, 1.54) is 6.07 Å². The number of non-ortho nitro benzene ring substituents is 1. The van der Waals surface area contributed by atoms with Crippen molar-refractivity contribution < 1.29 is 9.72 Å². The van der Waals surface area contributed by atoms with Crippen LogP contribution < -0.4 is 10.2 Å². The SMILES string of the molecule is Cc1cc([N+](=O)[O-])cc(Cl)c1N1CCN(C(C)C(=O)NC2CC2)CC1. The van der Waals surface area contributed by atoms with Gasteiger partial charge in [-0.2, -0.15) is 0 Å². The van der Waals surface area contributed by atoms with E-state index in [1.54, 1.807) is 6.07 Å². The second-order valence-corrected chi connectivity index (χ2v) is 7.24. The first-order valence-electron chi connectivity index (χ1n) is 8.60. The van der Waals surface area contributed by atoms with Gasteiger partial charge in [0.2, 0.25) is 5.91 Å². The van der Waals surface area contributed by atoms with Crippen molar-refractivity contribution >= 4 is 28.9 Å². The van der Waals surface area contributed by atoms with Crippen LogP contribution in [0.5, 0.6) is 0 Å². The molecule has 0 aromatic heterocycles. The fourth-order valence-electron chi connectivity index (χ4n) is 3.27. The molecule has 1 saturated carbocycles. The Bertz CT molecular complexity index is 661. The van der Waals surface area contributed by atoms with E-state index in [1.807, 2.05) is 13.8 Å². The minimum Gasteiger partial charge on any atom is -0.368 e. The Morgan fingerprint density at radius 1 is 1.32 bits per heavy atom. The maximum absolute atomic E-state index is 12.2. The Hall–Kier alpha value is -1.86. The Morgan fingerprint density at radius 3 is 2.48 bits per heavy atom. The number of halogens is 1. The van der Waals surface area contributed by atoms with Crippen LogP contribution in [-0.4, -0.2) is 54.0 Å². The molecule has 0 bridgehead atoms. The number of nitro benzene ring substituents is 1. The maximum Gasteiger partial charge on any atom is 0.271 e. The molecule has 1 amide bonds. The van der Waals surface area contributed by atoms with Crippen molar-refractivity contribution in [1.29, 1.82) is 0 Å². The Kier molecular flexibility index (Phi) is 5.15. The normalized spacial score (nSPS) is 19.6. The Labute approximate surface area is 152 Å². The number of nitrogens with one attached hydrogen (secondary N) is 1. The molecule has 0 spiro atoms. The quantitative estimate of drug-likeness (QED) is 0.639. The summed E-state index contributed by atoms with van der Waals surface area (Å²) in [5.74, 6) is 0.0977. The zero-order valence-electron chi connectivity index (χ0n) is 14.5. The molecule has 1 aromatic rings. The van der Waals surface area contributed by atoms with Crippen LogP contribution in [0.15, 0.2) is 12.1 Å². The average molecular weight is 367 g/mol. The predicted molar refractivity (Wildman–Crippen MR) is 97.3 cm³/mol. The van der Waals surface area contributed by atoms with Crippen LogP contribution in [0.2, 0.25) is 5.02 Å². The third kappa shape index (κ3) is 4.04. The van der Waals surface area contributed by atoms with Crippen molar-refractivity contribution in [3.8, 4) is 0 Å². The molecule has 7 nitrogen and oxygen atoms in total. The maximum atomic E-state index is 12.2. The van der Waals surface area contributed by atoms with E-state index >= 15 is 0 Å². The van der Waals surface area contributed by atoms with E-state index < -0.39 is 4.92 Å². The van der Waals surface area contributed by atoms with E-state index in [2.05, 4.69) is 15.1 Å². The molecule has 0 radical (unpaired) electrons. The number of anilines is 1.